The van der Waals surface area contributed by atoms with Crippen LogP contribution in [0.25, 0.3) is 0 Å². The molecule has 7 nitrogen and oxygen atoms in total. The minimum atomic E-state index is -0.554. The van der Waals surface area contributed by atoms with Gasteiger partial charge in [-0.25, -0.2) is 4.98 Å². The molecule has 1 aromatic heterocycles. The summed E-state index contributed by atoms with van der Waals surface area (Å²) in [6, 6.07) is 3.25. The van der Waals surface area contributed by atoms with Gasteiger partial charge in [-0.05, 0) is 12.3 Å². The van der Waals surface area contributed by atoms with Crippen LogP contribution in [0.1, 0.15) is 18.9 Å². The first kappa shape index (κ1) is 13.2. The van der Waals surface area contributed by atoms with Gasteiger partial charge in [-0.1, -0.05) is 6.92 Å². The van der Waals surface area contributed by atoms with E-state index in [0.717, 1.165) is 13.0 Å². The van der Waals surface area contributed by atoms with Crippen LogP contribution in [0.3, 0.4) is 0 Å². The molecule has 0 bridgehead atoms. The summed E-state index contributed by atoms with van der Waals surface area (Å²) in [4.78, 5) is 16.1. The van der Waals surface area contributed by atoms with E-state index in [1.807, 2.05) is 11.0 Å². The molecule has 0 saturated carbocycles. The summed E-state index contributed by atoms with van der Waals surface area (Å²) in [6.07, 6.45) is 2.10. The lowest BCUT2D eigenvalue weighted by Gasteiger charge is -2.36. The number of rotatable bonds is 2. The van der Waals surface area contributed by atoms with Crippen molar-refractivity contribution in [3.8, 4) is 6.07 Å². The molecule has 0 aliphatic carbocycles. The van der Waals surface area contributed by atoms with Crippen molar-refractivity contribution < 1.29 is 4.92 Å². The molecule has 0 aromatic carbocycles. The van der Waals surface area contributed by atoms with Crippen molar-refractivity contribution in [2.75, 3.05) is 18.0 Å². The molecule has 2 heterocycles. The summed E-state index contributed by atoms with van der Waals surface area (Å²) < 4.78 is 0. The number of nitro groups is 1. The van der Waals surface area contributed by atoms with Crippen LogP contribution in [-0.2, 0) is 0 Å². The van der Waals surface area contributed by atoms with Gasteiger partial charge in [0.2, 0.25) is 0 Å². The summed E-state index contributed by atoms with van der Waals surface area (Å²) in [5.74, 6) is 0.912. The number of hydrogen-bond donors (Lipinski definition) is 1. The molecule has 0 amide bonds. The second-order valence-electron chi connectivity index (χ2n) is 4.81. The molecular weight excluding hydrogens is 246 g/mol. The Morgan fingerprint density at radius 1 is 1.68 bits per heavy atom. The van der Waals surface area contributed by atoms with Crippen molar-refractivity contribution in [1.82, 2.24) is 4.98 Å². The van der Waals surface area contributed by atoms with Crippen molar-refractivity contribution in [2.45, 2.75) is 19.4 Å². The second-order valence-corrected chi connectivity index (χ2v) is 4.81. The number of hydrogen-bond acceptors (Lipinski definition) is 6. The fourth-order valence-electron chi connectivity index (χ4n) is 2.17. The lowest BCUT2D eigenvalue weighted by atomic mass is 9.94. The quantitative estimate of drug-likeness (QED) is 0.629. The van der Waals surface area contributed by atoms with Gasteiger partial charge in [-0.3, -0.25) is 10.1 Å². The van der Waals surface area contributed by atoms with Gasteiger partial charge in [0.05, 0.1) is 4.92 Å². The minimum Gasteiger partial charge on any atom is -0.354 e. The minimum absolute atomic E-state index is 0.0253. The number of nitrogens with zero attached hydrogens (tertiary/aromatic N) is 4. The van der Waals surface area contributed by atoms with Crippen LogP contribution in [0.5, 0.6) is 0 Å². The molecule has 7 heteroatoms. The van der Waals surface area contributed by atoms with Gasteiger partial charge in [0.1, 0.15) is 23.6 Å². The van der Waals surface area contributed by atoms with Crippen LogP contribution in [-0.4, -0.2) is 29.0 Å². The van der Waals surface area contributed by atoms with Crippen molar-refractivity contribution in [3.05, 3.63) is 27.9 Å². The Bertz CT molecular complexity index is 539. The van der Waals surface area contributed by atoms with E-state index in [9.17, 15) is 10.1 Å². The van der Waals surface area contributed by atoms with Crippen molar-refractivity contribution in [1.29, 1.82) is 5.26 Å². The highest BCUT2D eigenvalue weighted by Crippen LogP contribution is 2.25. The first-order valence-electron chi connectivity index (χ1n) is 6.08. The Hall–Kier alpha value is -2.20. The third-order valence-electron chi connectivity index (χ3n) is 3.50. The molecule has 19 heavy (non-hydrogen) atoms. The summed E-state index contributed by atoms with van der Waals surface area (Å²) in [5, 5.41) is 19.8. The SMILES string of the molecule is CC1CCN(c2ncc([N+](=O)[O-])cc2C#N)CC1N. The van der Waals surface area contributed by atoms with E-state index >= 15 is 0 Å². The van der Waals surface area contributed by atoms with Crippen LogP contribution < -0.4 is 10.6 Å². The highest BCUT2D eigenvalue weighted by Gasteiger charge is 2.26. The molecule has 1 aliphatic heterocycles. The molecule has 1 fully saturated rings. The summed E-state index contributed by atoms with van der Waals surface area (Å²) in [5.41, 5.74) is 6.06. The van der Waals surface area contributed by atoms with Crippen molar-refractivity contribution in [3.63, 3.8) is 0 Å². The van der Waals surface area contributed by atoms with E-state index in [2.05, 4.69) is 11.9 Å². The smallest absolute Gasteiger partial charge is 0.289 e. The summed E-state index contributed by atoms with van der Waals surface area (Å²) in [6.45, 7) is 3.46. The van der Waals surface area contributed by atoms with Gasteiger partial charge in [-0.2, -0.15) is 5.26 Å². The monoisotopic (exact) mass is 261 g/mol. The Balaban J connectivity index is 2.30. The fourth-order valence-corrected chi connectivity index (χ4v) is 2.17. The third kappa shape index (κ3) is 2.63. The van der Waals surface area contributed by atoms with Crippen LogP contribution >= 0.6 is 0 Å². The van der Waals surface area contributed by atoms with Gasteiger partial charge >= 0.3 is 0 Å². The number of anilines is 1. The van der Waals surface area contributed by atoms with Crippen molar-refractivity contribution >= 4 is 11.5 Å². The van der Waals surface area contributed by atoms with E-state index in [1.54, 1.807) is 0 Å². The number of nitrogens with two attached hydrogens (primary N) is 1. The largest absolute Gasteiger partial charge is 0.354 e. The first-order valence-corrected chi connectivity index (χ1v) is 6.08. The Kier molecular flexibility index (Phi) is 3.62. The van der Waals surface area contributed by atoms with Gasteiger partial charge in [-0.15, -0.1) is 0 Å². The van der Waals surface area contributed by atoms with Crippen LogP contribution in [0, 0.1) is 27.4 Å². The van der Waals surface area contributed by atoms with E-state index in [0.29, 0.717) is 18.3 Å². The molecule has 2 atom stereocenters. The molecule has 2 N–H and O–H groups in total. The van der Waals surface area contributed by atoms with E-state index in [4.69, 9.17) is 11.0 Å². The zero-order valence-electron chi connectivity index (χ0n) is 10.6. The first-order chi connectivity index (χ1) is 9.02. The summed E-state index contributed by atoms with van der Waals surface area (Å²) in [7, 11) is 0. The Morgan fingerprint density at radius 2 is 2.42 bits per heavy atom. The van der Waals surface area contributed by atoms with Gasteiger partial charge in [0.25, 0.3) is 5.69 Å². The van der Waals surface area contributed by atoms with Crippen LogP contribution in [0.4, 0.5) is 11.5 Å². The highest BCUT2D eigenvalue weighted by molar-refractivity contribution is 5.57. The lowest BCUT2D eigenvalue weighted by molar-refractivity contribution is -0.385. The maximum absolute atomic E-state index is 10.7. The molecule has 2 unspecified atom stereocenters. The predicted octanol–water partition coefficient (Wildman–Crippen LogP) is 1.03. The molecule has 0 radical (unpaired) electrons. The third-order valence-corrected chi connectivity index (χ3v) is 3.50. The number of pyridine rings is 1. The fraction of sp³-hybridized carbons (Fsp3) is 0.500. The molecule has 2 rings (SSSR count). The number of aromatic nitrogens is 1. The molecule has 100 valence electrons. The summed E-state index contributed by atoms with van der Waals surface area (Å²) >= 11 is 0. The maximum atomic E-state index is 10.7. The zero-order valence-corrected chi connectivity index (χ0v) is 10.6. The van der Waals surface area contributed by atoms with Gasteiger partial charge in [0, 0.05) is 25.2 Å². The maximum Gasteiger partial charge on any atom is 0.289 e. The Labute approximate surface area is 110 Å². The lowest BCUT2D eigenvalue weighted by Crippen LogP contribution is -2.48. The van der Waals surface area contributed by atoms with Crippen LogP contribution in [0.15, 0.2) is 12.3 Å². The predicted molar refractivity (Wildman–Crippen MR) is 69.6 cm³/mol. The topological polar surface area (TPSA) is 109 Å². The number of piperidine rings is 1. The average molecular weight is 261 g/mol. The normalized spacial score (nSPS) is 22.9. The average Bonchev–Trinajstić information content (AvgIpc) is 2.41. The Morgan fingerprint density at radius 3 is 3.00 bits per heavy atom. The van der Waals surface area contributed by atoms with Gasteiger partial charge in [0.15, 0.2) is 0 Å². The standard InChI is InChI=1S/C12H15N5O2/c1-8-2-3-16(7-11(8)14)12-9(5-13)4-10(6-15-12)17(18)19/h4,6,8,11H,2-3,7,14H2,1H3. The van der Waals surface area contributed by atoms with E-state index in [-0.39, 0.29) is 17.3 Å². The highest BCUT2D eigenvalue weighted by atomic mass is 16.6. The van der Waals surface area contributed by atoms with Gasteiger partial charge < -0.3 is 10.6 Å². The molecule has 1 saturated heterocycles. The van der Waals surface area contributed by atoms with Crippen molar-refractivity contribution in [2.24, 2.45) is 11.7 Å². The van der Waals surface area contributed by atoms with Crippen LogP contribution in [0.2, 0.25) is 0 Å². The van der Waals surface area contributed by atoms with E-state index < -0.39 is 4.92 Å². The second kappa shape index (κ2) is 5.20. The molecule has 1 aliphatic rings. The molecule has 0 spiro atoms. The molecule has 1 aromatic rings. The van der Waals surface area contributed by atoms with E-state index in [1.165, 1.54) is 12.3 Å². The molecular formula is C12H15N5O2. The zero-order chi connectivity index (χ0) is 14.0. The number of nitriles is 1.